The third-order valence-corrected chi connectivity index (χ3v) is 2.18. The van der Waals surface area contributed by atoms with Crippen molar-refractivity contribution in [2.45, 2.75) is 40.2 Å². The number of aryl methyl sites for hydroxylation is 2. The summed E-state index contributed by atoms with van der Waals surface area (Å²) in [5.41, 5.74) is 4.05. The topological polar surface area (TPSA) is 12.0 Å². The van der Waals surface area contributed by atoms with Crippen LogP contribution in [0.25, 0.3) is 0 Å². The lowest BCUT2D eigenvalue weighted by Gasteiger charge is -2.12. The first-order valence-corrected chi connectivity index (χ1v) is 4.99. The van der Waals surface area contributed by atoms with Gasteiger partial charge in [-0.25, -0.2) is 0 Å². The molecule has 0 unspecified atom stereocenters. The monoisotopic (exact) mass is 177 g/mol. The van der Waals surface area contributed by atoms with Crippen LogP contribution in [0.5, 0.6) is 0 Å². The van der Waals surface area contributed by atoms with Gasteiger partial charge in [0.25, 0.3) is 0 Å². The predicted molar refractivity (Wildman–Crippen MR) is 59.3 cm³/mol. The lowest BCUT2D eigenvalue weighted by molar-refractivity contribution is 0.898. The van der Waals surface area contributed by atoms with E-state index >= 15 is 0 Å². The second kappa shape index (κ2) is 4.31. The summed E-state index contributed by atoms with van der Waals surface area (Å²) in [4.78, 5) is 0. The molecule has 0 aromatic heterocycles. The fraction of sp³-hybridized carbons (Fsp3) is 0.500. The Morgan fingerprint density at radius 3 is 2.46 bits per heavy atom. The molecular formula is C12H19N. The molecule has 0 atom stereocenters. The summed E-state index contributed by atoms with van der Waals surface area (Å²) in [5.74, 6) is 0. The van der Waals surface area contributed by atoms with Gasteiger partial charge in [-0.05, 0) is 50.5 Å². The number of anilines is 1. The Labute approximate surface area is 81.2 Å². The van der Waals surface area contributed by atoms with Crippen molar-refractivity contribution in [3.8, 4) is 0 Å². The van der Waals surface area contributed by atoms with E-state index in [2.05, 4.69) is 51.2 Å². The molecule has 1 heteroatoms. The van der Waals surface area contributed by atoms with E-state index in [0.717, 1.165) is 6.42 Å². The van der Waals surface area contributed by atoms with Crippen LogP contribution in [0.1, 0.15) is 31.9 Å². The zero-order chi connectivity index (χ0) is 9.84. The van der Waals surface area contributed by atoms with Gasteiger partial charge in [0.2, 0.25) is 0 Å². The maximum Gasteiger partial charge on any atom is 0.0344 e. The molecule has 0 fully saturated rings. The van der Waals surface area contributed by atoms with Crippen molar-refractivity contribution in [2.24, 2.45) is 0 Å². The SMILES string of the molecule is CCc1ccc(NC(C)C)cc1C. The van der Waals surface area contributed by atoms with Gasteiger partial charge in [-0.3, -0.25) is 0 Å². The van der Waals surface area contributed by atoms with Crippen molar-refractivity contribution in [2.75, 3.05) is 5.32 Å². The van der Waals surface area contributed by atoms with E-state index in [-0.39, 0.29) is 0 Å². The van der Waals surface area contributed by atoms with Crippen LogP contribution in [0.3, 0.4) is 0 Å². The van der Waals surface area contributed by atoms with Crippen LogP contribution >= 0.6 is 0 Å². The molecule has 0 saturated carbocycles. The minimum Gasteiger partial charge on any atom is -0.383 e. The van der Waals surface area contributed by atoms with Crippen LogP contribution in [0.15, 0.2) is 18.2 Å². The van der Waals surface area contributed by atoms with Crippen molar-refractivity contribution < 1.29 is 0 Å². The van der Waals surface area contributed by atoms with Crippen LogP contribution in [-0.2, 0) is 6.42 Å². The van der Waals surface area contributed by atoms with Crippen LogP contribution in [0.2, 0.25) is 0 Å². The van der Waals surface area contributed by atoms with Crippen molar-refractivity contribution in [3.63, 3.8) is 0 Å². The Hall–Kier alpha value is -0.980. The summed E-state index contributed by atoms with van der Waals surface area (Å²) in [6.45, 7) is 8.67. The van der Waals surface area contributed by atoms with Gasteiger partial charge >= 0.3 is 0 Å². The molecule has 0 bridgehead atoms. The molecule has 1 aromatic carbocycles. The van der Waals surface area contributed by atoms with E-state index in [9.17, 15) is 0 Å². The Kier molecular flexibility index (Phi) is 3.35. The molecule has 1 rings (SSSR count). The molecular weight excluding hydrogens is 158 g/mol. The van der Waals surface area contributed by atoms with E-state index in [1.165, 1.54) is 16.8 Å². The fourth-order valence-corrected chi connectivity index (χ4v) is 1.52. The van der Waals surface area contributed by atoms with Crippen molar-refractivity contribution in [3.05, 3.63) is 29.3 Å². The molecule has 0 heterocycles. The van der Waals surface area contributed by atoms with Crippen LogP contribution in [-0.4, -0.2) is 6.04 Å². The predicted octanol–water partition coefficient (Wildman–Crippen LogP) is 3.38. The summed E-state index contributed by atoms with van der Waals surface area (Å²) in [7, 11) is 0. The lowest BCUT2D eigenvalue weighted by atomic mass is 10.1. The van der Waals surface area contributed by atoms with Gasteiger partial charge in [-0.15, -0.1) is 0 Å². The summed E-state index contributed by atoms with van der Waals surface area (Å²) in [5, 5.41) is 3.40. The molecule has 13 heavy (non-hydrogen) atoms. The third kappa shape index (κ3) is 2.76. The molecule has 0 saturated heterocycles. The minimum absolute atomic E-state index is 0.506. The molecule has 0 amide bonds. The molecule has 72 valence electrons. The highest BCUT2D eigenvalue weighted by atomic mass is 14.9. The van der Waals surface area contributed by atoms with Crippen molar-refractivity contribution in [1.82, 2.24) is 0 Å². The number of hydrogen-bond acceptors (Lipinski definition) is 1. The summed E-state index contributed by atoms with van der Waals surface area (Å²) in [6, 6.07) is 7.09. The standard InChI is InChI=1S/C12H19N/c1-5-11-6-7-12(8-10(11)4)13-9(2)3/h6-9,13H,5H2,1-4H3. The second-order valence-electron chi connectivity index (χ2n) is 3.79. The van der Waals surface area contributed by atoms with E-state index < -0.39 is 0 Å². The van der Waals surface area contributed by atoms with E-state index in [4.69, 9.17) is 0 Å². The maximum absolute atomic E-state index is 3.40. The molecule has 0 spiro atoms. The Balaban J connectivity index is 2.83. The number of hydrogen-bond donors (Lipinski definition) is 1. The van der Waals surface area contributed by atoms with Crippen molar-refractivity contribution in [1.29, 1.82) is 0 Å². The number of benzene rings is 1. The Morgan fingerprint density at radius 2 is 2.00 bits per heavy atom. The van der Waals surface area contributed by atoms with Crippen LogP contribution in [0.4, 0.5) is 5.69 Å². The molecule has 0 aliphatic heterocycles. The van der Waals surface area contributed by atoms with Crippen LogP contribution in [0, 0.1) is 6.92 Å². The van der Waals surface area contributed by atoms with Gasteiger partial charge in [0.1, 0.15) is 0 Å². The van der Waals surface area contributed by atoms with Crippen molar-refractivity contribution >= 4 is 5.69 Å². The molecule has 0 aliphatic rings. The molecule has 1 N–H and O–H groups in total. The largest absolute Gasteiger partial charge is 0.383 e. The van der Waals surface area contributed by atoms with Gasteiger partial charge in [-0.1, -0.05) is 13.0 Å². The van der Waals surface area contributed by atoms with Crippen LogP contribution < -0.4 is 5.32 Å². The molecule has 1 nitrogen and oxygen atoms in total. The van der Waals surface area contributed by atoms with E-state index in [0.29, 0.717) is 6.04 Å². The smallest absolute Gasteiger partial charge is 0.0344 e. The lowest BCUT2D eigenvalue weighted by Crippen LogP contribution is -2.09. The molecule has 0 radical (unpaired) electrons. The summed E-state index contributed by atoms with van der Waals surface area (Å²) >= 11 is 0. The average molecular weight is 177 g/mol. The van der Waals surface area contributed by atoms with E-state index in [1.54, 1.807) is 0 Å². The van der Waals surface area contributed by atoms with E-state index in [1.807, 2.05) is 0 Å². The third-order valence-electron chi connectivity index (χ3n) is 2.18. The molecule has 1 aromatic rings. The van der Waals surface area contributed by atoms with Gasteiger partial charge < -0.3 is 5.32 Å². The first-order chi connectivity index (χ1) is 6.13. The quantitative estimate of drug-likeness (QED) is 0.746. The second-order valence-corrected chi connectivity index (χ2v) is 3.79. The zero-order valence-electron chi connectivity index (χ0n) is 9.02. The highest BCUT2D eigenvalue weighted by Gasteiger charge is 1.98. The number of nitrogens with one attached hydrogen (secondary N) is 1. The maximum atomic E-state index is 3.40. The first-order valence-electron chi connectivity index (χ1n) is 4.99. The minimum atomic E-state index is 0.506. The van der Waals surface area contributed by atoms with Gasteiger partial charge in [0, 0.05) is 11.7 Å². The Morgan fingerprint density at radius 1 is 1.31 bits per heavy atom. The van der Waals surface area contributed by atoms with Gasteiger partial charge in [-0.2, -0.15) is 0 Å². The average Bonchev–Trinajstić information content (AvgIpc) is 2.03. The highest BCUT2D eigenvalue weighted by Crippen LogP contribution is 2.16. The zero-order valence-corrected chi connectivity index (χ0v) is 9.02. The molecule has 0 aliphatic carbocycles. The fourth-order valence-electron chi connectivity index (χ4n) is 1.52. The Bertz CT molecular complexity index is 276. The van der Waals surface area contributed by atoms with Gasteiger partial charge in [0.05, 0.1) is 0 Å². The summed E-state index contributed by atoms with van der Waals surface area (Å²) in [6.07, 6.45) is 1.12. The number of rotatable bonds is 3. The highest BCUT2D eigenvalue weighted by molar-refractivity contribution is 5.48. The normalized spacial score (nSPS) is 10.5. The first kappa shape index (κ1) is 10.1. The van der Waals surface area contributed by atoms with Gasteiger partial charge in [0.15, 0.2) is 0 Å². The summed E-state index contributed by atoms with van der Waals surface area (Å²) < 4.78 is 0.